The molecule has 1 aromatic rings. The first-order valence-corrected chi connectivity index (χ1v) is 7.93. The van der Waals surface area contributed by atoms with E-state index in [0.717, 1.165) is 11.1 Å². The lowest BCUT2D eigenvalue weighted by Crippen LogP contribution is -2.55. The van der Waals surface area contributed by atoms with Crippen molar-refractivity contribution < 1.29 is 19.4 Å². The first kappa shape index (κ1) is 12.6. The molecule has 0 unspecified atom stereocenters. The lowest BCUT2D eigenvalue weighted by molar-refractivity contribution is -0.159. The van der Waals surface area contributed by atoms with Gasteiger partial charge in [0.05, 0.1) is 5.41 Å². The molecule has 1 heterocycles. The van der Waals surface area contributed by atoms with Gasteiger partial charge in [0.25, 0.3) is 0 Å². The van der Waals surface area contributed by atoms with E-state index in [2.05, 4.69) is 22.6 Å². The third-order valence-corrected chi connectivity index (χ3v) is 6.50. The van der Waals surface area contributed by atoms with E-state index in [1.54, 1.807) is 0 Å². The van der Waals surface area contributed by atoms with Crippen molar-refractivity contribution in [1.29, 1.82) is 0 Å². The van der Waals surface area contributed by atoms with Gasteiger partial charge in [-0.15, -0.1) is 0 Å². The third kappa shape index (κ3) is 1.19. The maximum Gasteiger partial charge on any atom is 0.315 e. The summed E-state index contributed by atoms with van der Waals surface area (Å²) in [5, 5.41) is 9.99. The first-order valence-electron chi connectivity index (χ1n) is 6.68. The second-order valence-electron chi connectivity index (χ2n) is 5.99. The number of aliphatic carboxylic acids is 1. The second-order valence-corrected chi connectivity index (χ2v) is 7.59. The van der Waals surface area contributed by atoms with Gasteiger partial charge < -0.3 is 9.84 Å². The Labute approximate surface area is 129 Å². The summed E-state index contributed by atoms with van der Waals surface area (Å²) in [7, 11) is 0. The number of alkyl halides is 1. The van der Waals surface area contributed by atoms with Gasteiger partial charge in [0.2, 0.25) is 0 Å². The minimum absolute atomic E-state index is 0.0504. The highest BCUT2D eigenvalue weighted by molar-refractivity contribution is 14.1. The molecule has 3 aliphatic rings. The monoisotopic (exact) mass is 384 g/mol. The molecule has 0 amide bonds. The van der Waals surface area contributed by atoms with Crippen LogP contribution < -0.4 is 0 Å². The van der Waals surface area contributed by atoms with Crippen LogP contribution in [0.4, 0.5) is 0 Å². The topological polar surface area (TPSA) is 63.6 Å². The molecule has 1 saturated carbocycles. The Morgan fingerprint density at radius 2 is 2.10 bits per heavy atom. The van der Waals surface area contributed by atoms with Crippen molar-refractivity contribution in [3.8, 4) is 0 Å². The van der Waals surface area contributed by atoms with Gasteiger partial charge in [-0.05, 0) is 24.0 Å². The van der Waals surface area contributed by atoms with Crippen molar-refractivity contribution >= 4 is 34.5 Å². The summed E-state index contributed by atoms with van der Waals surface area (Å²) in [6.45, 7) is 0. The van der Waals surface area contributed by atoms with E-state index in [0.29, 0.717) is 19.3 Å². The van der Waals surface area contributed by atoms with Gasteiger partial charge in [-0.25, -0.2) is 0 Å². The zero-order valence-electron chi connectivity index (χ0n) is 10.6. The number of carboxylic acid groups (broad SMARTS) is 1. The molecule has 2 aliphatic carbocycles. The third-order valence-electron chi connectivity index (χ3n) is 5.25. The average Bonchev–Trinajstić information content (AvgIpc) is 2.87. The number of hydrogen-bond donors (Lipinski definition) is 1. The fourth-order valence-electron chi connectivity index (χ4n) is 4.37. The fraction of sp³-hybridized carbons (Fsp3) is 0.467. The Balaban J connectivity index is 2.04. The molecule has 0 radical (unpaired) electrons. The fourth-order valence-corrected chi connectivity index (χ4v) is 5.44. The van der Waals surface area contributed by atoms with E-state index in [1.807, 2.05) is 24.3 Å². The van der Waals surface area contributed by atoms with Crippen molar-refractivity contribution in [2.45, 2.75) is 34.7 Å². The van der Waals surface area contributed by atoms with Crippen LogP contribution in [0.25, 0.3) is 0 Å². The summed E-state index contributed by atoms with van der Waals surface area (Å²) in [4.78, 5) is 24.7. The van der Waals surface area contributed by atoms with Crippen LogP contribution in [-0.2, 0) is 26.2 Å². The molecule has 4 atom stereocenters. The largest absolute Gasteiger partial charge is 0.481 e. The van der Waals surface area contributed by atoms with Crippen LogP contribution in [0.5, 0.6) is 0 Å². The quantitative estimate of drug-likeness (QED) is 0.458. The van der Waals surface area contributed by atoms with Crippen molar-refractivity contribution in [1.82, 2.24) is 0 Å². The highest BCUT2D eigenvalue weighted by atomic mass is 127. The Morgan fingerprint density at radius 3 is 2.85 bits per heavy atom. The van der Waals surface area contributed by atoms with E-state index >= 15 is 0 Å². The molecule has 4 rings (SSSR count). The smallest absolute Gasteiger partial charge is 0.315 e. The number of carbonyl (C=O) groups is 2. The first-order chi connectivity index (χ1) is 9.51. The predicted octanol–water partition coefficient (Wildman–Crippen LogP) is 2.07. The second kappa shape index (κ2) is 3.75. The van der Waals surface area contributed by atoms with Gasteiger partial charge in [0.15, 0.2) is 0 Å². The Morgan fingerprint density at radius 1 is 1.35 bits per heavy atom. The van der Waals surface area contributed by atoms with Crippen molar-refractivity contribution in [3.05, 3.63) is 35.4 Å². The molecule has 5 heteroatoms. The Hall–Kier alpha value is -1.11. The number of halogens is 1. The van der Waals surface area contributed by atoms with E-state index in [-0.39, 0.29) is 16.0 Å². The standard InChI is InChI=1S/C15H13IO4/c16-10-6-15(12(17)18)9-4-2-1-3-8(9)5-14(15)7-11(10)20-13(14)19/h1-4,10-11H,5-7H2,(H,17,18)/t10-,11+,14-,15-/m0/s1. The summed E-state index contributed by atoms with van der Waals surface area (Å²) in [6.07, 6.45) is 1.36. The summed E-state index contributed by atoms with van der Waals surface area (Å²) >= 11 is 2.23. The van der Waals surface area contributed by atoms with Crippen LogP contribution in [0.3, 0.4) is 0 Å². The molecular formula is C15H13IO4. The van der Waals surface area contributed by atoms with Crippen LogP contribution in [0, 0.1) is 5.41 Å². The number of ether oxygens (including phenoxy) is 1. The summed E-state index contributed by atoms with van der Waals surface area (Å²) in [5.41, 5.74) is -0.210. The molecule has 1 spiro atoms. The van der Waals surface area contributed by atoms with E-state index in [1.165, 1.54) is 0 Å². The lowest BCUT2D eigenvalue weighted by Gasteiger charge is -2.42. The Bertz CT molecular complexity index is 643. The minimum Gasteiger partial charge on any atom is -0.481 e. The van der Waals surface area contributed by atoms with E-state index in [4.69, 9.17) is 4.74 Å². The number of fused-ring (bicyclic) bond motifs is 3. The molecule has 2 fully saturated rings. The van der Waals surface area contributed by atoms with Gasteiger partial charge in [-0.3, -0.25) is 9.59 Å². The highest BCUT2D eigenvalue weighted by Crippen LogP contribution is 2.64. The highest BCUT2D eigenvalue weighted by Gasteiger charge is 2.73. The Kier molecular flexibility index (Phi) is 2.37. The molecule has 20 heavy (non-hydrogen) atoms. The van der Waals surface area contributed by atoms with Gasteiger partial charge in [-0.1, -0.05) is 46.9 Å². The van der Waals surface area contributed by atoms with Gasteiger partial charge in [-0.2, -0.15) is 0 Å². The van der Waals surface area contributed by atoms with Crippen molar-refractivity contribution in [2.75, 3.05) is 0 Å². The molecule has 104 valence electrons. The van der Waals surface area contributed by atoms with Crippen LogP contribution in [0.1, 0.15) is 24.0 Å². The molecule has 1 aromatic carbocycles. The summed E-state index contributed by atoms with van der Waals surface area (Å²) in [5.74, 6) is -1.21. The zero-order valence-corrected chi connectivity index (χ0v) is 12.8. The molecule has 1 N–H and O–H groups in total. The average molecular weight is 384 g/mol. The van der Waals surface area contributed by atoms with E-state index < -0.39 is 16.8 Å². The number of esters is 1. The molecule has 2 bridgehead atoms. The van der Waals surface area contributed by atoms with Gasteiger partial charge in [0, 0.05) is 10.3 Å². The summed E-state index contributed by atoms with van der Waals surface area (Å²) in [6, 6.07) is 7.57. The number of carbonyl (C=O) groups excluding carboxylic acids is 1. The van der Waals surface area contributed by atoms with Crippen molar-refractivity contribution in [2.24, 2.45) is 5.41 Å². The van der Waals surface area contributed by atoms with Crippen LogP contribution in [0.15, 0.2) is 24.3 Å². The maximum absolute atomic E-state index is 12.5. The van der Waals surface area contributed by atoms with Crippen molar-refractivity contribution in [3.63, 3.8) is 0 Å². The number of hydrogen-bond acceptors (Lipinski definition) is 3. The normalized spacial score (nSPS) is 41.0. The predicted molar refractivity (Wildman–Crippen MR) is 78.8 cm³/mol. The lowest BCUT2D eigenvalue weighted by atomic mass is 9.57. The van der Waals surface area contributed by atoms with Crippen LogP contribution in [0.2, 0.25) is 0 Å². The molecule has 1 saturated heterocycles. The van der Waals surface area contributed by atoms with Crippen LogP contribution in [-0.4, -0.2) is 27.1 Å². The zero-order chi connectivity index (χ0) is 14.1. The molecule has 4 nitrogen and oxygen atoms in total. The summed E-state index contributed by atoms with van der Waals surface area (Å²) < 4.78 is 5.55. The molecule has 0 aromatic heterocycles. The maximum atomic E-state index is 12.5. The molecular weight excluding hydrogens is 371 g/mol. The number of carboxylic acids is 1. The van der Waals surface area contributed by atoms with Gasteiger partial charge in [0.1, 0.15) is 11.5 Å². The minimum atomic E-state index is -1.11. The molecule has 1 aliphatic heterocycles. The van der Waals surface area contributed by atoms with E-state index in [9.17, 15) is 14.7 Å². The number of rotatable bonds is 1. The van der Waals surface area contributed by atoms with Gasteiger partial charge >= 0.3 is 11.9 Å². The van der Waals surface area contributed by atoms with Crippen LogP contribution >= 0.6 is 22.6 Å². The SMILES string of the molecule is O=C1O[C@@H]2C[C@@]13Cc1ccccc1[C@]3(C(=O)O)C[C@@H]2I. The number of benzene rings is 1.